The Bertz CT molecular complexity index is 893. The summed E-state index contributed by atoms with van der Waals surface area (Å²) in [6.45, 7) is 6.63. The number of hydrogen-bond donors (Lipinski definition) is 1. The van der Waals surface area contributed by atoms with E-state index in [-0.39, 0.29) is 5.91 Å². The van der Waals surface area contributed by atoms with E-state index in [1.54, 1.807) is 14.0 Å². The summed E-state index contributed by atoms with van der Waals surface area (Å²) in [5.41, 5.74) is 4.22. The Labute approximate surface area is 178 Å². The molecule has 30 heavy (non-hydrogen) atoms. The number of anilines is 2. The minimum absolute atomic E-state index is 0.0807. The Balaban J connectivity index is 1.37. The second-order valence-corrected chi connectivity index (χ2v) is 8.14. The number of carbonyl (C=O) groups is 1. The summed E-state index contributed by atoms with van der Waals surface area (Å²) in [4.78, 5) is 18.4. The number of β-amino-alcohol motifs (C(OH)–C–C–N with tert-alkyl or cyclic N) is 1. The highest BCUT2D eigenvalue weighted by molar-refractivity contribution is 5.92. The number of nitrogens with zero attached hydrogens (tertiary/aromatic N) is 3. The molecule has 2 aliphatic rings. The van der Waals surface area contributed by atoms with Crippen LogP contribution in [-0.4, -0.2) is 62.3 Å². The highest BCUT2D eigenvalue weighted by Gasteiger charge is 2.24. The van der Waals surface area contributed by atoms with Crippen LogP contribution in [0, 0.1) is 0 Å². The smallest absolute Gasteiger partial charge is 0.223 e. The zero-order valence-electron chi connectivity index (χ0n) is 17.9. The lowest BCUT2D eigenvalue weighted by molar-refractivity contribution is -0.116. The Kier molecular flexibility index (Phi) is 6.25. The number of aliphatic hydroxyl groups excluding tert-OH is 1. The quantitative estimate of drug-likeness (QED) is 0.823. The number of amides is 1. The highest BCUT2D eigenvalue weighted by Crippen LogP contribution is 2.31. The fourth-order valence-electron chi connectivity index (χ4n) is 4.56. The molecule has 1 saturated heterocycles. The average molecular weight is 410 g/mol. The van der Waals surface area contributed by atoms with Crippen LogP contribution in [0.2, 0.25) is 0 Å². The molecule has 2 aromatic carbocycles. The van der Waals surface area contributed by atoms with Crippen molar-refractivity contribution in [1.82, 2.24) is 4.90 Å². The van der Waals surface area contributed by atoms with Gasteiger partial charge in [-0.25, -0.2) is 0 Å². The van der Waals surface area contributed by atoms with Crippen LogP contribution >= 0.6 is 0 Å². The lowest BCUT2D eigenvalue weighted by atomic mass is 9.97. The van der Waals surface area contributed by atoms with Crippen molar-refractivity contribution >= 4 is 17.3 Å². The van der Waals surface area contributed by atoms with Gasteiger partial charge < -0.3 is 19.6 Å². The van der Waals surface area contributed by atoms with Crippen molar-refractivity contribution in [3.8, 4) is 5.75 Å². The second kappa shape index (κ2) is 9.06. The van der Waals surface area contributed by atoms with Gasteiger partial charge in [0.25, 0.3) is 0 Å². The number of hydrogen-bond acceptors (Lipinski definition) is 5. The minimum Gasteiger partial charge on any atom is -0.495 e. The van der Waals surface area contributed by atoms with Crippen molar-refractivity contribution in [1.29, 1.82) is 0 Å². The summed E-state index contributed by atoms with van der Waals surface area (Å²) in [7, 11) is 1.71. The van der Waals surface area contributed by atoms with Crippen LogP contribution in [0.4, 0.5) is 11.4 Å². The van der Waals surface area contributed by atoms with Gasteiger partial charge in [0.1, 0.15) is 5.75 Å². The molecule has 1 amide bonds. The number of aliphatic hydroxyl groups is 1. The number of para-hydroxylation sites is 2. The molecule has 6 nitrogen and oxygen atoms in total. The van der Waals surface area contributed by atoms with E-state index < -0.39 is 6.10 Å². The highest BCUT2D eigenvalue weighted by atomic mass is 16.5. The topological polar surface area (TPSA) is 56.2 Å². The molecule has 1 fully saturated rings. The third-order valence-corrected chi connectivity index (χ3v) is 6.22. The Morgan fingerprint density at radius 3 is 2.57 bits per heavy atom. The number of methoxy groups -OCH3 is 1. The minimum atomic E-state index is -0.527. The monoisotopic (exact) mass is 409 g/mol. The van der Waals surface area contributed by atoms with Gasteiger partial charge in [-0.05, 0) is 42.2 Å². The molecule has 0 unspecified atom stereocenters. The first-order chi connectivity index (χ1) is 14.6. The van der Waals surface area contributed by atoms with Gasteiger partial charge in [0.2, 0.25) is 5.91 Å². The molecule has 0 spiro atoms. The van der Waals surface area contributed by atoms with Crippen LogP contribution in [0.25, 0.3) is 0 Å². The summed E-state index contributed by atoms with van der Waals surface area (Å²) in [5, 5.41) is 10.9. The number of fused-ring (bicyclic) bond motifs is 1. The van der Waals surface area contributed by atoms with Crippen LogP contribution in [0.3, 0.4) is 0 Å². The molecule has 2 heterocycles. The Hall–Kier alpha value is -2.57. The van der Waals surface area contributed by atoms with Crippen molar-refractivity contribution < 1.29 is 14.6 Å². The maximum absolute atomic E-state index is 11.9. The molecule has 0 saturated carbocycles. The molecule has 1 atom stereocenters. The van der Waals surface area contributed by atoms with Gasteiger partial charge in [0.05, 0.1) is 18.9 Å². The Morgan fingerprint density at radius 2 is 1.83 bits per heavy atom. The summed E-state index contributed by atoms with van der Waals surface area (Å²) in [6.07, 6.45) is 1.40. The number of ether oxygens (including phenoxy) is 1. The molecule has 0 aromatic heterocycles. The molecule has 2 aromatic rings. The number of piperazine rings is 1. The van der Waals surface area contributed by atoms with E-state index in [4.69, 9.17) is 4.74 Å². The summed E-state index contributed by atoms with van der Waals surface area (Å²) >= 11 is 0. The molecule has 0 bridgehead atoms. The molecule has 6 heteroatoms. The average Bonchev–Trinajstić information content (AvgIpc) is 2.78. The third-order valence-electron chi connectivity index (χ3n) is 6.22. The van der Waals surface area contributed by atoms with E-state index in [0.717, 1.165) is 73.8 Å². The number of benzene rings is 2. The zero-order valence-corrected chi connectivity index (χ0v) is 17.9. The summed E-state index contributed by atoms with van der Waals surface area (Å²) in [5.74, 6) is 0.983. The second-order valence-electron chi connectivity index (χ2n) is 8.14. The molecular formula is C24H31N3O3. The first-order valence-electron chi connectivity index (χ1n) is 10.8. The van der Waals surface area contributed by atoms with Crippen LogP contribution in [0.1, 0.15) is 30.6 Å². The van der Waals surface area contributed by atoms with Gasteiger partial charge in [-0.3, -0.25) is 9.69 Å². The van der Waals surface area contributed by atoms with Crippen LogP contribution in [-0.2, 0) is 11.2 Å². The van der Waals surface area contributed by atoms with Gasteiger partial charge in [-0.15, -0.1) is 0 Å². The molecular weight excluding hydrogens is 378 g/mol. The van der Waals surface area contributed by atoms with Crippen LogP contribution < -0.4 is 14.5 Å². The number of aryl methyl sites for hydroxylation is 1. The van der Waals surface area contributed by atoms with E-state index in [1.165, 1.54) is 0 Å². The van der Waals surface area contributed by atoms with E-state index in [9.17, 15) is 9.90 Å². The fourth-order valence-corrected chi connectivity index (χ4v) is 4.56. The van der Waals surface area contributed by atoms with Crippen LogP contribution in [0.15, 0.2) is 42.5 Å². The maximum atomic E-state index is 11.9. The van der Waals surface area contributed by atoms with E-state index in [0.29, 0.717) is 6.54 Å². The van der Waals surface area contributed by atoms with E-state index in [1.807, 2.05) is 35.2 Å². The predicted octanol–water partition coefficient (Wildman–Crippen LogP) is 2.85. The molecule has 0 aliphatic carbocycles. The van der Waals surface area contributed by atoms with E-state index in [2.05, 4.69) is 21.9 Å². The molecule has 0 radical (unpaired) electrons. The first-order valence-corrected chi connectivity index (χ1v) is 10.8. The summed E-state index contributed by atoms with van der Waals surface area (Å²) in [6, 6.07) is 14.2. The van der Waals surface area contributed by atoms with Gasteiger partial charge in [-0.1, -0.05) is 24.3 Å². The van der Waals surface area contributed by atoms with Gasteiger partial charge in [0, 0.05) is 51.9 Å². The van der Waals surface area contributed by atoms with Crippen molar-refractivity contribution in [2.45, 2.75) is 25.9 Å². The molecule has 160 valence electrons. The van der Waals surface area contributed by atoms with Gasteiger partial charge >= 0.3 is 0 Å². The standard InChI is InChI=1S/C24H31N3O3/c1-18(28)27-11-5-6-19-16-20(9-10-21(19)27)23(29)17-25-12-14-26(15-13-25)22-7-3-4-8-24(22)30-2/h3-4,7-10,16,23,29H,5-6,11-15,17H2,1-2H3/t23-/m0/s1. The van der Waals surface area contributed by atoms with E-state index >= 15 is 0 Å². The number of carbonyl (C=O) groups excluding carboxylic acids is 1. The fraction of sp³-hybridized carbons (Fsp3) is 0.458. The number of rotatable bonds is 5. The molecule has 1 N–H and O–H groups in total. The van der Waals surface area contributed by atoms with Crippen molar-refractivity contribution in [2.24, 2.45) is 0 Å². The normalized spacial score (nSPS) is 18.1. The van der Waals surface area contributed by atoms with Crippen molar-refractivity contribution in [2.75, 3.05) is 56.2 Å². The van der Waals surface area contributed by atoms with Gasteiger partial charge in [0.15, 0.2) is 0 Å². The molecule has 4 rings (SSSR count). The molecule has 2 aliphatic heterocycles. The van der Waals surface area contributed by atoms with Gasteiger partial charge in [-0.2, -0.15) is 0 Å². The largest absolute Gasteiger partial charge is 0.495 e. The zero-order chi connectivity index (χ0) is 21.1. The maximum Gasteiger partial charge on any atom is 0.223 e. The SMILES string of the molecule is COc1ccccc1N1CCN(C[C@H](O)c2ccc3c(c2)CCCN3C(C)=O)CC1. The lowest BCUT2D eigenvalue weighted by Crippen LogP contribution is -2.47. The van der Waals surface area contributed by atoms with Crippen molar-refractivity contribution in [3.05, 3.63) is 53.6 Å². The predicted molar refractivity (Wildman–Crippen MR) is 119 cm³/mol. The first kappa shape index (κ1) is 20.7. The van der Waals surface area contributed by atoms with Crippen LogP contribution in [0.5, 0.6) is 5.75 Å². The lowest BCUT2D eigenvalue weighted by Gasteiger charge is -2.37. The Morgan fingerprint density at radius 1 is 1.07 bits per heavy atom. The third kappa shape index (κ3) is 4.30. The van der Waals surface area contributed by atoms with Crippen molar-refractivity contribution in [3.63, 3.8) is 0 Å². The summed E-state index contributed by atoms with van der Waals surface area (Å²) < 4.78 is 5.50.